The van der Waals surface area contributed by atoms with Crippen molar-refractivity contribution in [3.05, 3.63) is 35.4 Å². The maximum Gasteiger partial charge on any atom is 0.307 e. The van der Waals surface area contributed by atoms with Crippen LogP contribution in [0.3, 0.4) is 0 Å². The summed E-state index contributed by atoms with van der Waals surface area (Å²) in [7, 11) is 0. The fraction of sp³-hybridized carbons (Fsp3) is 0.533. The Hall–Kier alpha value is -1.00. The Morgan fingerprint density at radius 3 is 2.68 bits per heavy atom. The van der Waals surface area contributed by atoms with Gasteiger partial charge in [-0.15, -0.1) is 0 Å². The number of hydrogen-bond donors (Lipinski definition) is 1. The zero-order chi connectivity index (χ0) is 13.7. The molecular weight excluding hydrogens is 258 g/mol. The number of rotatable bonds is 5. The van der Waals surface area contributed by atoms with Crippen LogP contribution in [0.5, 0.6) is 0 Å². The molecule has 104 valence electrons. The molecular formula is C15H21NO2S. The Bertz CT molecular complexity index is 419. The maximum absolute atomic E-state index is 10.6. The van der Waals surface area contributed by atoms with Gasteiger partial charge in [-0.25, -0.2) is 0 Å². The first-order valence-corrected chi connectivity index (χ1v) is 7.86. The van der Waals surface area contributed by atoms with Gasteiger partial charge >= 0.3 is 5.97 Å². The van der Waals surface area contributed by atoms with Gasteiger partial charge in [0.05, 0.1) is 6.42 Å². The Balaban J connectivity index is 1.90. The number of carboxylic acids is 1. The monoisotopic (exact) mass is 279 g/mol. The van der Waals surface area contributed by atoms with Crippen LogP contribution >= 0.6 is 11.8 Å². The van der Waals surface area contributed by atoms with Crippen LogP contribution in [0.2, 0.25) is 0 Å². The van der Waals surface area contributed by atoms with E-state index in [2.05, 4.69) is 35.7 Å². The molecule has 0 radical (unpaired) electrons. The lowest BCUT2D eigenvalue weighted by atomic mass is 10.1. The van der Waals surface area contributed by atoms with Crippen LogP contribution in [-0.2, 0) is 17.8 Å². The summed E-state index contributed by atoms with van der Waals surface area (Å²) in [5.74, 6) is 0.446. The molecule has 1 atom stereocenters. The molecule has 1 fully saturated rings. The summed E-state index contributed by atoms with van der Waals surface area (Å²) in [6.45, 7) is 5.54. The Morgan fingerprint density at radius 2 is 2.05 bits per heavy atom. The number of thioether (sulfide) groups is 1. The number of benzene rings is 1. The molecule has 0 aliphatic carbocycles. The van der Waals surface area contributed by atoms with Crippen molar-refractivity contribution in [3.63, 3.8) is 0 Å². The molecule has 0 saturated carbocycles. The van der Waals surface area contributed by atoms with Crippen molar-refractivity contribution < 1.29 is 9.90 Å². The smallest absolute Gasteiger partial charge is 0.307 e. The number of aliphatic carboxylic acids is 1. The molecule has 0 spiro atoms. The molecule has 1 heterocycles. The van der Waals surface area contributed by atoms with Gasteiger partial charge in [-0.1, -0.05) is 31.2 Å². The summed E-state index contributed by atoms with van der Waals surface area (Å²) in [5, 5.41) is 9.51. The van der Waals surface area contributed by atoms with Crippen LogP contribution in [0.25, 0.3) is 0 Å². The number of nitrogens with zero attached hydrogens (tertiary/aromatic N) is 1. The Kier molecular flexibility index (Phi) is 5.28. The van der Waals surface area contributed by atoms with E-state index in [4.69, 9.17) is 5.11 Å². The normalized spacial score (nSPS) is 20.4. The molecule has 1 aliphatic rings. The van der Waals surface area contributed by atoms with E-state index in [1.165, 1.54) is 17.7 Å². The molecule has 4 heteroatoms. The van der Waals surface area contributed by atoms with Gasteiger partial charge in [-0.2, -0.15) is 11.8 Å². The fourth-order valence-electron chi connectivity index (χ4n) is 2.37. The Morgan fingerprint density at radius 1 is 1.37 bits per heavy atom. The second-order valence-electron chi connectivity index (χ2n) is 5.02. The van der Waals surface area contributed by atoms with Gasteiger partial charge in [0.15, 0.2) is 0 Å². The minimum atomic E-state index is -0.772. The molecule has 1 N–H and O–H groups in total. The lowest BCUT2D eigenvalue weighted by Crippen LogP contribution is -2.36. The summed E-state index contributed by atoms with van der Waals surface area (Å²) in [6.07, 6.45) is 1.34. The van der Waals surface area contributed by atoms with Gasteiger partial charge in [0.2, 0.25) is 0 Å². The van der Waals surface area contributed by atoms with Crippen LogP contribution in [-0.4, -0.2) is 40.1 Å². The molecule has 1 aliphatic heterocycles. The molecule has 0 amide bonds. The van der Waals surface area contributed by atoms with Crippen molar-refractivity contribution in [1.82, 2.24) is 4.90 Å². The highest BCUT2D eigenvalue weighted by Gasteiger charge is 2.18. The maximum atomic E-state index is 10.6. The van der Waals surface area contributed by atoms with Crippen LogP contribution in [0, 0.1) is 0 Å². The molecule has 1 unspecified atom stereocenters. The number of carboxylic acid groups (broad SMARTS) is 1. The Labute approximate surface area is 119 Å². The van der Waals surface area contributed by atoms with Crippen LogP contribution in [0.4, 0.5) is 0 Å². The van der Waals surface area contributed by atoms with Crippen molar-refractivity contribution in [2.24, 2.45) is 0 Å². The third-order valence-electron chi connectivity index (χ3n) is 3.46. The topological polar surface area (TPSA) is 40.5 Å². The predicted molar refractivity (Wildman–Crippen MR) is 79.6 cm³/mol. The van der Waals surface area contributed by atoms with Crippen molar-refractivity contribution in [3.8, 4) is 0 Å². The second-order valence-corrected chi connectivity index (χ2v) is 6.43. The largest absolute Gasteiger partial charge is 0.481 e. The highest BCUT2D eigenvalue weighted by molar-refractivity contribution is 8.00. The number of carbonyl (C=O) groups is 1. The van der Waals surface area contributed by atoms with Crippen LogP contribution in [0.15, 0.2) is 24.3 Å². The lowest BCUT2D eigenvalue weighted by Gasteiger charge is -2.31. The molecule has 0 aromatic heterocycles. The summed E-state index contributed by atoms with van der Waals surface area (Å²) in [6, 6.07) is 7.97. The average molecular weight is 279 g/mol. The summed E-state index contributed by atoms with van der Waals surface area (Å²) < 4.78 is 0. The van der Waals surface area contributed by atoms with E-state index < -0.39 is 5.97 Å². The van der Waals surface area contributed by atoms with Gasteiger partial charge < -0.3 is 5.11 Å². The molecule has 1 aromatic rings. The highest BCUT2D eigenvalue weighted by Crippen LogP contribution is 2.22. The summed E-state index contributed by atoms with van der Waals surface area (Å²) in [5.41, 5.74) is 2.15. The van der Waals surface area contributed by atoms with E-state index in [1.54, 1.807) is 0 Å². The van der Waals surface area contributed by atoms with E-state index in [0.717, 1.165) is 30.4 Å². The molecule has 19 heavy (non-hydrogen) atoms. The van der Waals surface area contributed by atoms with Gasteiger partial charge in [-0.05, 0) is 17.5 Å². The van der Waals surface area contributed by atoms with Gasteiger partial charge in [-0.3, -0.25) is 9.69 Å². The zero-order valence-corrected chi connectivity index (χ0v) is 12.2. The van der Waals surface area contributed by atoms with Crippen molar-refractivity contribution in [2.75, 3.05) is 18.8 Å². The first kappa shape index (κ1) is 14.4. The first-order chi connectivity index (χ1) is 9.17. The van der Waals surface area contributed by atoms with Gasteiger partial charge in [0, 0.05) is 30.6 Å². The van der Waals surface area contributed by atoms with Crippen molar-refractivity contribution in [1.29, 1.82) is 0 Å². The van der Waals surface area contributed by atoms with Crippen LogP contribution in [0.1, 0.15) is 24.5 Å². The standard InChI is InChI=1S/C15H21NO2S/c1-2-14-11-16(7-8-19-14)10-13-5-3-12(4-6-13)9-15(17)18/h3-6,14H,2,7-11H2,1H3,(H,17,18). The van der Waals surface area contributed by atoms with Crippen molar-refractivity contribution >= 4 is 17.7 Å². The second kappa shape index (κ2) is 6.96. The minimum absolute atomic E-state index is 0.110. The predicted octanol–water partition coefficient (Wildman–Crippen LogP) is 2.64. The highest BCUT2D eigenvalue weighted by atomic mass is 32.2. The molecule has 0 bridgehead atoms. The lowest BCUT2D eigenvalue weighted by molar-refractivity contribution is -0.136. The third-order valence-corrected chi connectivity index (χ3v) is 4.83. The van der Waals surface area contributed by atoms with Crippen LogP contribution < -0.4 is 0 Å². The number of hydrogen-bond acceptors (Lipinski definition) is 3. The van der Waals surface area contributed by atoms with E-state index in [-0.39, 0.29) is 6.42 Å². The SMILES string of the molecule is CCC1CN(Cc2ccc(CC(=O)O)cc2)CCS1. The van der Waals surface area contributed by atoms with E-state index in [1.807, 2.05) is 12.1 Å². The average Bonchev–Trinajstić information content (AvgIpc) is 2.41. The van der Waals surface area contributed by atoms with E-state index in [0.29, 0.717) is 0 Å². The molecule has 1 aromatic carbocycles. The van der Waals surface area contributed by atoms with Crippen molar-refractivity contribution in [2.45, 2.75) is 31.6 Å². The molecule has 3 nitrogen and oxygen atoms in total. The van der Waals surface area contributed by atoms with Gasteiger partial charge in [0.1, 0.15) is 0 Å². The fourth-order valence-corrected chi connectivity index (χ4v) is 3.62. The molecule has 1 saturated heterocycles. The summed E-state index contributed by atoms with van der Waals surface area (Å²) in [4.78, 5) is 13.1. The third kappa shape index (κ3) is 4.55. The summed E-state index contributed by atoms with van der Waals surface area (Å²) >= 11 is 2.08. The molecule has 2 rings (SSSR count). The van der Waals surface area contributed by atoms with Gasteiger partial charge in [0.25, 0.3) is 0 Å². The zero-order valence-electron chi connectivity index (χ0n) is 11.3. The van der Waals surface area contributed by atoms with E-state index in [9.17, 15) is 4.79 Å². The minimum Gasteiger partial charge on any atom is -0.481 e. The first-order valence-electron chi connectivity index (χ1n) is 6.81. The quantitative estimate of drug-likeness (QED) is 0.899. The van der Waals surface area contributed by atoms with E-state index >= 15 is 0 Å².